The highest BCUT2D eigenvalue weighted by Crippen LogP contribution is 2.34. The van der Waals surface area contributed by atoms with Crippen LogP contribution in [0.5, 0.6) is 0 Å². The van der Waals surface area contributed by atoms with Crippen LogP contribution in [0, 0.1) is 5.92 Å². The van der Waals surface area contributed by atoms with Gasteiger partial charge < -0.3 is 5.11 Å². The van der Waals surface area contributed by atoms with Gasteiger partial charge in [-0.05, 0) is 60.4 Å². The maximum Gasteiger partial charge on any atom is 0.0766 e. The molecule has 96 valence electrons. The van der Waals surface area contributed by atoms with Crippen LogP contribution in [0.25, 0.3) is 0 Å². The Kier molecular flexibility index (Phi) is 4.26. The minimum atomic E-state index is -0.0763. The summed E-state index contributed by atoms with van der Waals surface area (Å²) in [5, 5.41) is 14.3. The standard InChI is InChI=1S/C13H21BrN2O/c1-3-10-13(14)11(16(2)15-10)5-4-6-12(17)9-7-8-9/h9,12,17H,3-8H2,1-2H3. The quantitative estimate of drug-likeness (QED) is 0.877. The highest BCUT2D eigenvalue weighted by atomic mass is 79.9. The highest BCUT2D eigenvalue weighted by Gasteiger charge is 2.29. The molecule has 1 N–H and O–H groups in total. The molecule has 0 saturated heterocycles. The minimum Gasteiger partial charge on any atom is -0.393 e. The summed E-state index contributed by atoms with van der Waals surface area (Å²) in [5.41, 5.74) is 2.38. The summed E-state index contributed by atoms with van der Waals surface area (Å²) >= 11 is 3.62. The number of aliphatic hydroxyl groups excluding tert-OH is 1. The Morgan fingerprint density at radius 3 is 2.76 bits per heavy atom. The summed E-state index contributed by atoms with van der Waals surface area (Å²) in [6.07, 6.45) is 6.27. The molecule has 1 aliphatic carbocycles. The van der Waals surface area contributed by atoms with Crippen LogP contribution in [0.3, 0.4) is 0 Å². The second-order valence-corrected chi connectivity index (χ2v) is 5.77. The summed E-state index contributed by atoms with van der Waals surface area (Å²) in [5.74, 6) is 0.594. The molecule has 3 nitrogen and oxygen atoms in total. The van der Waals surface area contributed by atoms with E-state index in [9.17, 15) is 5.11 Å². The van der Waals surface area contributed by atoms with E-state index in [2.05, 4.69) is 28.0 Å². The molecule has 0 aromatic carbocycles. The zero-order chi connectivity index (χ0) is 12.4. The lowest BCUT2D eigenvalue weighted by Crippen LogP contribution is -2.09. The van der Waals surface area contributed by atoms with Crippen molar-refractivity contribution < 1.29 is 5.11 Å². The average molecular weight is 301 g/mol. The molecular formula is C13H21BrN2O. The van der Waals surface area contributed by atoms with Crippen molar-refractivity contribution in [3.63, 3.8) is 0 Å². The Hall–Kier alpha value is -0.350. The Morgan fingerprint density at radius 1 is 1.53 bits per heavy atom. The first-order valence-corrected chi connectivity index (χ1v) is 7.31. The maximum atomic E-state index is 9.82. The van der Waals surface area contributed by atoms with Crippen molar-refractivity contribution in [3.05, 3.63) is 15.9 Å². The molecule has 17 heavy (non-hydrogen) atoms. The van der Waals surface area contributed by atoms with Crippen molar-refractivity contribution in [2.24, 2.45) is 13.0 Å². The molecular weight excluding hydrogens is 280 g/mol. The minimum absolute atomic E-state index is 0.0763. The molecule has 2 rings (SSSR count). The van der Waals surface area contributed by atoms with Crippen molar-refractivity contribution in [2.75, 3.05) is 0 Å². The molecule has 0 spiro atoms. The lowest BCUT2D eigenvalue weighted by atomic mass is 10.1. The van der Waals surface area contributed by atoms with Gasteiger partial charge in [-0.25, -0.2) is 0 Å². The molecule has 0 aliphatic heterocycles. The van der Waals surface area contributed by atoms with Crippen LogP contribution >= 0.6 is 15.9 Å². The molecule has 1 heterocycles. The van der Waals surface area contributed by atoms with Gasteiger partial charge in [-0.3, -0.25) is 4.68 Å². The second kappa shape index (κ2) is 5.53. The van der Waals surface area contributed by atoms with Gasteiger partial charge in [-0.2, -0.15) is 5.10 Å². The van der Waals surface area contributed by atoms with E-state index in [0.29, 0.717) is 5.92 Å². The van der Waals surface area contributed by atoms with E-state index < -0.39 is 0 Å². The summed E-state index contributed by atoms with van der Waals surface area (Å²) in [6, 6.07) is 0. The van der Waals surface area contributed by atoms with Crippen molar-refractivity contribution in [3.8, 4) is 0 Å². The van der Waals surface area contributed by atoms with Crippen LogP contribution < -0.4 is 0 Å². The van der Waals surface area contributed by atoms with Crippen LogP contribution in [0.1, 0.15) is 44.0 Å². The lowest BCUT2D eigenvalue weighted by Gasteiger charge is -2.08. The van der Waals surface area contributed by atoms with Gasteiger partial charge in [0.2, 0.25) is 0 Å². The Labute approximate surface area is 111 Å². The fourth-order valence-corrected chi connectivity index (χ4v) is 3.10. The smallest absolute Gasteiger partial charge is 0.0766 e. The molecule has 1 atom stereocenters. The van der Waals surface area contributed by atoms with Crippen molar-refractivity contribution in [2.45, 2.75) is 51.6 Å². The highest BCUT2D eigenvalue weighted by molar-refractivity contribution is 9.10. The number of aryl methyl sites for hydroxylation is 2. The second-order valence-electron chi connectivity index (χ2n) is 4.98. The van der Waals surface area contributed by atoms with Crippen LogP contribution in [0.2, 0.25) is 0 Å². The molecule has 4 heteroatoms. The number of aliphatic hydroxyl groups is 1. The van der Waals surface area contributed by atoms with E-state index >= 15 is 0 Å². The van der Waals surface area contributed by atoms with Gasteiger partial charge in [0.15, 0.2) is 0 Å². The Bertz CT molecular complexity index is 385. The zero-order valence-electron chi connectivity index (χ0n) is 10.6. The van der Waals surface area contributed by atoms with E-state index in [1.807, 2.05) is 11.7 Å². The SMILES string of the molecule is CCc1nn(C)c(CCCC(O)C2CC2)c1Br. The first kappa shape index (κ1) is 13.1. The normalized spacial score (nSPS) is 17.4. The van der Waals surface area contributed by atoms with Gasteiger partial charge in [0, 0.05) is 7.05 Å². The van der Waals surface area contributed by atoms with Crippen molar-refractivity contribution in [1.29, 1.82) is 0 Å². The molecule has 0 bridgehead atoms. The van der Waals surface area contributed by atoms with Gasteiger partial charge in [-0.15, -0.1) is 0 Å². The van der Waals surface area contributed by atoms with Crippen molar-refractivity contribution >= 4 is 15.9 Å². The fourth-order valence-electron chi connectivity index (χ4n) is 2.29. The first-order chi connectivity index (χ1) is 8.13. The molecule has 1 fully saturated rings. The molecule has 0 amide bonds. The molecule has 1 unspecified atom stereocenters. The third-order valence-corrected chi connectivity index (χ3v) is 4.50. The van der Waals surface area contributed by atoms with Crippen molar-refractivity contribution in [1.82, 2.24) is 9.78 Å². The number of rotatable bonds is 6. The lowest BCUT2D eigenvalue weighted by molar-refractivity contribution is 0.139. The number of nitrogens with zero attached hydrogens (tertiary/aromatic N) is 2. The summed E-state index contributed by atoms with van der Waals surface area (Å²) in [7, 11) is 2.00. The number of halogens is 1. The zero-order valence-corrected chi connectivity index (χ0v) is 12.2. The van der Waals surface area contributed by atoms with E-state index in [1.165, 1.54) is 18.5 Å². The maximum absolute atomic E-state index is 9.82. The van der Waals surface area contributed by atoms with Gasteiger partial charge in [0.1, 0.15) is 0 Å². The fraction of sp³-hybridized carbons (Fsp3) is 0.769. The topological polar surface area (TPSA) is 38.0 Å². The van der Waals surface area contributed by atoms with Gasteiger partial charge in [0.05, 0.1) is 22.0 Å². The van der Waals surface area contributed by atoms with E-state index in [1.54, 1.807) is 0 Å². The number of hydrogen-bond donors (Lipinski definition) is 1. The molecule has 1 aromatic heterocycles. The predicted molar refractivity (Wildman–Crippen MR) is 72.0 cm³/mol. The average Bonchev–Trinajstić information content (AvgIpc) is 3.10. The predicted octanol–water partition coefficient (Wildman–Crippen LogP) is 2.84. The van der Waals surface area contributed by atoms with Gasteiger partial charge in [-0.1, -0.05) is 6.92 Å². The van der Waals surface area contributed by atoms with E-state index in [-0.39, 0.29) is 6.10 Å². The molecule has 1 aliphatic rings. The Morgan fingerprint density at radius 2 is 2.24 bits per heavy atom. The number of hydrogen-bond acceptors (Lipinski definition) is 2. The molecule has 1 aromatic rings. The first-order valence-electron chi connectivity index (χ1n) is 6.51. The third kappa shape index (κ3) is 3.10. The van der Waals surface area contributed by atoms with Crippen LogP contribution in [-0.2, 0) is 19.9 Å². The Balaban J connectivity index is 1.87. The summed E-state index contributed by atoms with van der Waals surface area (Å²) < 4.78 is 3.12. The molecule has 0 radical (unpaired) electrons. The number of aromatic nitrogens is 2. The molecule has 1 saturated carbocycles. The monoisotopic (exact) mass is 300 g/mol. The van der Waals surface area contributed by atoms with Crippen LogP contribution in [0.4, 0.5) is 0 Å². The summed E-state index contributed by atoms with van der Waals surface area (Å²) in [4.78, 5) is 0. The van der Waals surface area contributed by atoms with Crippen LogP contribution in [0.15, 0.2) is 4.47 Å². The van der Waals surface area contributed by atoms with Crippen LogP contribution in [-0.4, -0.2) is 21.0 Å². The van der Waals surface area contributed by atoms with Gasteiger partial charge in [0.25, 0.3) is 0 Å². The third-order valence-electron chi connectivity index (χ3n) is 3.58. The van der Waals surface area contributed by atoms with E-state index in [4.69, 9.17) is 0 Å². The van der Waals surface area contributed by atoms with Gasteiger partial charge >= 0.3 is 0 Å². The summed E-state index contributed by atoms with van der Waals surface area (Å²) in [6.45, 7) is 2.12. The van der Waals surface area contributed by atoms with E-state index in [0.717, 1.165) is 35.8 Å². The largest absolute Gasteiger partial charge is 0.393 e.